The Bertz CT molecular complexity index is 805. The fourth-order valence-electron chi connectivity index (χ4n) is 2.20. The summed E-state index contributed by atoms with van der Waals surface area (Å²) < 4.78 is 10.3. The maximum absolute atomic E-state index is 11.8. The number of nitro groups is 1. The molecule has 1 aliphatic rings. The van der Waals surface area contributed by atoms with Crippen molar-refractivity contribution in [1.29, 1.82) is 0 Å². The van der Waals surface area contributed by atoms with E-state index in [1.807, 2.05) is 30.3 Å². The molecule has 0 saturated heterocycles. The highest BCUT2D eigenvalue weighted by Gasteiger charge is 2.22. The van der Waals surface area contributed by atoms with Crippen LogP contribution in [-0.4, -0.2) is 23.8 Å². The van der Waals surface area contributed by atoms with E-state index in [1.54, 1.807) is 0 Å². The number of nitrogens with one attached hydrogen (secondary N) is 1. The number of nitrogens with zero attached hydrogens (tertiary/aromatic N) is 2. The molecule has 1 amide bonds. The Balaban J connectivity index is 1.70. The third-order valence-corrected chi connectivity index (χ3v) is 3.32. The summed E-state index contributed by atoms with van der Waals surface area (Å²) in [4.78, 5) is 22.4. The fourth-order valence-corrected chi connectivity index (χ4v) is 2.20. The smallest absolute Gasteiger partial charge is 0.282 e. The summed E-state index contributed by atoms with van der Waals surface area (Å²) in [7, 11) is 0. The van der Waals surface area contributed by atoms with E-state index in [-0.39, 0.29) is 30.4 Å². The van der Waals surface area contributed by atoms with Crippen molar-refractivity contribution in [2.24, 2.45) is 5.10 Å². The minimum atomic E-state index is -0.547. The molecular weight excluding hydrogens is 314 g/mol. The van der Waals surface area contributed by atoms with Gasteiger partial charge in [-0.15, -0.1) is 0 Å². The molecule has 0 unspecified atom stereocenters. The highest BCUT2D eigenvalue weighted by Crippen LogP contribution is 2.37. The summed E-state index contributed by atoms with van der Waals surface area (Å²) in [5.41, 5.74) is 3.23. The lowest BCUT2D eigenvalue weighted by molar-refractivity contribution is -0.385. The van der Waals surface area contributed by atoms with E-state index < -0.39 is 4.92 Å². The number of ether oxygens (including phenoxy) is 2. The number of hydrogen-bond acceptors (Lipinski definition) is 6. The summed E-state index contributed by atoms with van der Waals surface area (Å²) in [6, 6.07) is 11.9. The molecule has 3 rings (SSSR count). The number of hydrazone groups is 1. The van der Waals surface area contributed by atoms with Gasteiger partial charge in [-0.05, 0) is 11.6 Å². The second-order valence-corrected chi connectivity index (χ2v) is 4.98. The number of hydrogen-bond donors (Lipinski definition) is 1. The molecule has 0 spiro atoms. The Labute approximate surface area is 136 Å². The zero-order valence-electron chi connectivity index (χ0n) is 12.5. The maximum atomic E-state index is 11.8. The Hall–Kier alpha value is -3.42. The van der Waals surface area contributed by atoms with Gasteiger partial charge in [0.1, 0.15) is 0 Å². The monoisotopic (exact) mass is 327 g/mol. The highest BCUT2D eigenvalue weighted by molar-refractivity contribution is 5.88. The summed E-state index contributed by atoms with van der Waals surface area (Å²) >= 11 is 0. The number of nitro benzene ring substituents is 1. The average molecular weight is 327 g/mol. The molecule has 0 radical (unpaired) electrons. The first-order valence-corrected chi connectivity index (χ1v) is 7.07. The van der Waals surface area contributed by atoms with Gasteiger partial charge in [0, 0.05) is 0 Å². The molecule has 0 bridgehead atoms. The van der Waals surface area contributed by atoms with Gasteiger partial charge < -0.3 is 9.47 Å². The maximum Gasteiger partial charge on any atom is 0.282 e. The molecule has 122 valence electrons. The first-order valence-electron chi connectivity index (χ1n) is 7.07. The van der Waals surface area contributed by atoms with Crippen LogP contribution in [0.1, 0.15) is 11.1 Å². The van der Waals surface area contributed by atoms with Crippen LogP contribution in [0.25, 0.3) is 0 Å². The lowest BCUT2D eigenvalue weighted by Crippen LogP contribution is -2.19. The lowest BCUT2D eigenvalue weighted by atomic mass is 10.1. The number of carbonyl (C=O) groups is 1. The minimum absolute atomic E-state index is 0.0148. The zero-order chi connectivity index (χ0) is 16.9. The first-order chi connectivity index (χ1) is 11.6. The molecule has 24 heavy (non-hydrogen) atoms. The number of amides is 1. The van der Waals surface area contributed by atoms with Crippen LogP contribution in [0.5, 0.6) is 11.5 Å². The van der Waals surface area contributed by atoms with E-state index >= 15 is 0 Å². The van der Waals surface area contributed by atoms with Crippen molar-refractivity contribution in [2.75, 3.05) is 6.79 Å². The summed E-state index contributed by atoms with van der Waals surface area (Å²) in [5, 5.41) is 14.9. The van der Waals surface area contributed by atoms with Crippen molar-refractivity contribution in [1.82, 2.24) is 5.43 Å². The van der Waals surface area contributed by atoms with Crippen LogP contribution in [0.2, 0.25) is 0 Å². The van der Waals surface area contributed by atoms with E-state index in [2.05, 4.69) is 10.5 Å². The molecule has 2 aromatic carbocycles. The molecule has 1 heterocycles. The minimum Gasteiger partial charge on any atom is -0.454 e. The molecule has 1 N–H and O–H groups in total. The van der Waals surface area contributed by atoms with Gasteiger partial charge in [0.2, 0.25) is 12.7 Å². The van der Waals surface area contributed by atoms with Crippen LogP contribution >= 0.6 is 0 Å². The molecule has 1 aliphatic heterocycles. The molecule has 0 aromatic heterocycles. The Kier molecular flexibility index (Phi) is 4.37. The van der Waals surface area contributed by atoms with Gasteiger partial charge in [0.15, 0.2) is 11.5 Å². The second kappa shape index (κ2) is 6.78. The molecule has 0 fully saturated rings. The molecule has 0 aliphatic carbocycles. The van der Waals surface area contributed by atoms with Gasteiger partial charge in [-0.1, -0.05) is 30.3 Å². The van der Waals surface area contributed by atoms with E-state index in [4.69, 9.17) is 9.47 Å². The SMILES string of the molecule is O=C(Cc1ccccc1)N/N=C\c1cc2c(cc1[N+](=O)[O-])OCO2. The van der Waals surface area contributed by atoms with Crippen LogP contribution in [0.15, 0.2) is 47.6 Å². The van der Waals surface area contributed by atoms with E-state index in [9.17, 15) is 14.9 Å². The number of benzene rings is 2. The zero-order valence-corrected chi connectivity index (χ0v) is 12.5. The van der Waals surface area contributed by atoms with Crippen LogP contribution < -0.4 is 14.9 Å². The van der Waals surface area contributed by atoms with Crippen LogP contribution in [0.4, 0.5) is 5.69 Å². The van der Waals surface area contributed by atoms with Crippen molar-refractivity contribution in [3.8, 4) is 11.5 Å². The average Bonchev–Trinajstić information content (AvgIpc) is 3.02. The molecule has 0 saturated carbocycles. The largest absolute Gasteiger partial charge is 0.454 e. The van der Waals surface area contributed by atoms with Gasteiger partial charge >= 0.3 is 0 Å². The normalized spacial score (nSPS) is 12.3. The van der Waals surface area contributed by atoms with Gasteiger partial charge in [-0.2, -0.15) is 5.10 Å². The van der Waals surface area contributed by atoms with Gasteiger partial charge in [0.05, 0.1) is 29.2 Å². The molecule has 8 heteroatoms. The van der Waals surface area contributed by atoms with Crippen molar-refractivity contribution >= 4 is 17.8 Å². The van der Waals surface area contributed by atoms with Crippen LogP contribution in [0.3, 0.4) is 0 Å². The summed E-state index contributed by atoms with van der Waals surface area (Å²) in [5.74, 6) is 0.394. The summed E-state index contributed by atoms with van der Waals surface area (Å²) in [6.45, 7) is 0.0148. The van der Waals surface area contributed by atoms with Crippen molar-refractivity contribution in [2.45, 2.75) is 6.42 Å². The predicted molar refractivity (Wildman–Crippen MR) is 85.1 cm³/mol. The number of carbonyl (C=O) groups excluding carboxylic acids is 1. The van der Waals surface area contributed by atoms with Gasteiger partial charge in [0.25, 0.3) is 5.69 Å². The van der Waals surface area contributed by atoms with Gasteiger partial charge in [-0.3, -0.25) is 14.9 Å². The van der Waals surface area contributed by atoms with Crippen molar-refractivity contribution in [3.63, 3.8) is 0 Å². The van der Waals surface area contributed by atoms with E-state index in [1.165, 1.54) is 18.3 Å². The Morgan fingerprint density at radius 2 is 1.96 bits per heavy atom. The Morgan fingerprint density at radius 3 is 2.67 bits per heavy atom. The van der Waals surface area contributed by atoms with Crippen LogP contribution in [-0.2, 0) is 11.2 Å². The van der Waals surface area contributed by atoms with E-state index in [0.29, 0.717) is 11.5 Å². The second-order valence-electron chi connectivity index (χ2n) is 4.98. The van der Waals surface area contributed by atoms with Crippen molar-refractivity contribution < 1.29 is 19.2 Å². The topological polar surface area (TPSA) is 103 Å². The standard InChI is InChI=1S/C16H13N3O5/c20-16(6-11-4-2-1-3-5-11)18-17-9-12-7-14-15(24-10-23-14)8-13(12)19(21)22/h1-5,7-9H,6,10H2,(H,18,20)/b17-9-. The first kappa shape index (κ1) is 15.5. The van der Waals surface area contributed by atoms with Crippen molar-refractivity contribution in [3.05, 3.63) is 63.7 Å². The van der Waals surface area contributed by atoms with Gasteiger partial charge in [-0.25, -0.2) is 5.43 Å². The fraction of sp³-hybridized carbons (Fsp3) is 0.125. The quantitative estimate of drug-likeness (QED) is 0.514. The Morgan fingerprint density at radius 1 is 1.25 bits per heavy atom. The molecule has 2 aromatic rings. The summed E-state index contributed by atoms with van der Waals surface area (Å²) in [6.07, 6.45) is 1.38. The van der Waals surface area contributed by atoms with Crippen LogP contribution in [0, 0.1) is 10.1 Å². The molecule has 0 atom stereocenters. The highest BCUT2D eigenvalue weighted by atomic mass is 16.7. The lowest BCUT2D eigenvalue weighted by Gasteiger charge is -2.02. The third-order valence-electron chi connectivity index (χ3n) is 3.32. The molecule has 8 nitrogen and oxygen atoms in total. The number of fused-ring (bicyclic) bond motifs is 1. The third kappa shape index (κ3) is 3.49. The number of rotatable bonds is 5. The van der Waals surface area contributed by atoms with E-state index in [0.717, 1.165) is 5.56 Å². The predicted octanol–water partition coefficient (Wildman–Crippen LogP) is 2.02. The molecular formula is C16H13N3O5.